The van der Waals surface area contributed by atoms with Crippen molar-refractivity contribution in [1.29, 1.82) is 0 Å². The molecule has 0 saturated carbocycles. The van der Waals surface area contributed by atoms with Crippen LogP contribution >= 0.6 is 0 Å². The molecule has 0 spiro atoms. The Morgan fingerprint density at radius 3 is 2.27 bits per heavy atom. The third-order valence-electron chi connectivity index (χ3n) is 1.29. The van der Waals surface area contributed by atoms with Crippen molar-refractivity contribution in [2.45, 2.75) is 31.4 Å². The predicted octanol–water partition coefficient (Wildman–Crippen LogP) is 2.93. The van der Waals surface area contributed by atoms with Gasteiger partial charge in [-0.05, 0) is 6.42 Å². The first-order valence-electron chi connectivity index (χ1n) is 3.39. The molecule has 0 N–H and O–H groups in total. The quantitative estimate of drug-likeness (QED) is 0.558. The molecule has 0 heterocycles. The Morgan fingerprint density at radius 1 is 1.36 bits per heavy atom. The molecule has 11 heavy (non-hydrogen) atoms. The van der Waals surface area contributed by atoms with E-state index in [1.165, 1.54) is 0 Å². The fourth-order valence-electron chi connectivity index (χ4n) is 0.666. The van der Waals surface area contributed by atoms with Crippen molar-refractivity contribution in [3.05, 3.63) is 6.92 Å². The monoisotopic (exact) mass is 171 g/mol. The topological polar surface area (TPSA) is 0 Å². The van der Waals surface area contributed by atoms with Gasteiger partial charge in [0.05, 0.1) is 6.67 Å². The van der Waals surface area contributed by atoms with Gasteiger partial charge < -0.3 is 0 Å². The molecule has 0 aromatic heterocycles. The van der Waals surface area contributed by atoms with Crippen LogP contribution in [0.5, 0.6) is 0 Å². The molecule has 4 heteroatoms. The zero-order valence-corrected chi connectivity index (χ0v) is 6.12. The third kappa shape index (κ3) is 5.04. The second-order valence-corrected chi connectivity index (χ2v) is 2.39. The van der Waals surface area contributed by atoms with Crippen LogP contribution in [-0.4, -0.2) is 18.8 Å². The van der Waals surface area contributed by atoms with Gasteiger partial charge in [0, 0.05) is 12.8 Å². The molecule has 1 atom stereocenters. The van der Waals surface area contributed by atoms with Crippen LogP contribution < -0.4 is 0 Å². The van der Waals surface area contributed by atoms with Gasteiger partial charge >= 0.3 is 0 Å². The Morgan fingerprint density at radius 2 is 1.91 bits per heavy atom. The fourth-order valence-corrected chi connectivity index (χ4v) is 0.666. The first-order chi connectivity index (χ1) is 5.02. The first kappa shape index (κ1) is 10.7. The standard InChI is InChI=1S/C7H11F4/c1-2-6(9)5-7(10,11)3-4-8/h6H,1-5H2/t6-/m0/s1. The van der Waals surface area contributed by atoms with Crippen molar-refractivity contribution in [3.63, 3.8) is 0 Å². The molecule has 0 rings (SSSR count). The number of halogens is 4. The fraction of sp³-hybridized carbons (Fsp3) is 0.857. The van der Waals surface area contributed by atoms with E-state index in [4.69, 9.17) is 0 Å². The maximum absolute atomic E-state index is 12.4. The molecular formula is C7H11F4. The van der Waals surface area contributed by atoms with Crippen LogP contribution in [0.4, 0.5) is 17.6 Å². The number of alkyl halides is 4. The first-order valence-corrected chi connectivity index (χ1v) is 3.39. The molecule has 0 fully saturated rings. The molecule has 0 nitrogen and oxygen atoms in total. The van der Waals surface area contributed by atoms with Crippen molar-refractivity contribution < 1.29 is 17.6 Å². The van der Waals surface area contributed by atoms with Crippen LogP contribution in [-0.2, 0) is 0 Å². The Hall–Kier alpha value is -0.280. The average molecular weight is 171 g/mol. The summed E-state index contributed by atoms with van der Waals surface area (Å²) in [4.78, 5) is 0. The van der Waals surface area contributed by atoms with Crippen LogP contribution in [0, 0.1) is 6.92 Å². The summed E-state index contributed by atoms with van der Waals surface area (Å²) in [5.41, 5.74) is 0. The Bertz CT molecular complexity index is 103. The van der Waals surface area contributed by atoms with Gasteiger partial charge in [0.15, 0.2) is 0 Å². The van der Waals surface area contributed by atoms with Crippen LogP contribution in [0.2, 0.25) is 0 Å². The Labute approximate surface area is 63.6 Å². The smallest absolute Gasteiger partial charge is 0.251 e. The summed E-state index contributed by atoms with van der Waals surface area (Å²) < 4.78 is 48.4. The summed E-state index contributed by atoms with van der Waals surface area (Å²) in [6.07, 6.45) is -3.63. The molecule has 0 aromatic rings. The summed E-state index contributed by atoms with van der Waals surface area (Å²) >= 11 is 0. The van der Waals surface area contributed by atoms with E-state index in [-0.39, 0.29) is 6.42 Å². The molecule has 1 radical (unpaired) electrons. The van der Waals surface area contributed by atoms with Gasteiger partial charge in [-0.2, -0.15) is 0 Å². The van der Waals surface area contributed by atoms with E-state index in [0.29, 0.717) is 0 Å². The minimum Gasteiger partial charge on any atom is -0.251 e. The van der Waals surface area contributed by atoms with Crippen molar-refractivity contribution >= 4 is 0 Å². The molecule has 0 aliphatic heterocycles. The molecule has 0 amide bonds. The van der Waals surface area contributed by atoms with Crippen molar-refractivity contribution in [1.82, 2.24) is 0 Å². The summed E-state index contributed by atoms with van der Waals surface area (Å²) in [6.45, 7) is 2.01. The molecule has 0 aliphatic carbocycles. The van der Waals surface area contributed by atoms with Gasteiger partial charge in [0.1, 0.15) is 6.17 Å². The van der Waals surface area contributed by atoms with E-state index in [9.17, 15) is 17.6 Å². The van der Waals surface area contributed by atoms with Gasteiger partial charge in [-0.15, -0.1) is 0 Å². The lowest BCUT2D eigenvalue weighted by Gasteiger charge is -2.15. The largest absolute Gasteiger partial charge is 0.253 e. The average Bonchev–Trinajstić information content (AvgIpc) is 1.86. The molecule has 0 saturated heterocycles. The molecule has 0 aromatic carbocycles. The summed E-state index contributed by atoms with van der Waals surface area (Å²) in [6, 6.07) is 0. The highest BCUT2D eigenvalue weighted by molar-refractivity contribution is 4.71. The SMILES string of the molecule is [CH2]C[C@H](F)CC(F)(F)CCF. The van der Waals surface area contributed by atoms with Gasteiger partial charge in [-0.3, -0.25) is 4.39 Å². The summed E-state index contributed by atoms with van der Waals surface area (Å²) in [5, 5.41) is 0. The zero-order chi connectivity index (χ0) is 8.91. The minimum absolute atomic E-state index is 0.193. The van der Waals surface area contributed by atoms with Crippen molar-refractivity contribution in [2.24, 2.45) is 0 Å². The van der Waals surface area contributed by atoms with E-state index in [0.717, 1.165) is 0 Å². The molecule has 0 unspecified atom stereocenters. The van der Waals surface area contributed by atoms with Crippen LogP contribution in [0.1, 0.15) is 19.3 Å². The molecule has 0 aliphatic rings. The van der Waals surface area contributed by atoms with E-state index >= 15 is 0 Å². The van der Waals surface area contributed by atoms with Crippen LogP contribution in [0.3, 0.4) is 0 Å². The lowest BCUT2D eigenvalue weighted by atomic mass is 10.1. The number of hydrogen-bond donors (Lipinski definition) is 0. The van der Waals surface area contributed by atoms with E-state index in [1.54, 1.807) is 0 Å². The van der Waals surface area contributed by atoms with Gasteiger partial charge in [-0.25, -0.2) is 13.2 Å². The second-order valence-electron chi connectivity index (χ2n) is 2.39. The van der Waals surface area contributed by atoms with Gasteiger partial charge in [0.25, 0.3) is 5.92 Å². The van der Waals surface area contributed by atoms with Crippen molar-refractivity contribution in [2.75, 3.05) is 6.67 Å². The van der Waals surface area contributed by atoms with Gasteiger partial charge in [0.2, 0.25) is 0 Å². The lowest BCUT2D eigenvalue weighted by Crippen LogP contribution is -2.22. The highest BCUT2D eigenvalue weighted by Crippen LogP contribution is 2.26. The zero-order valence-electron chi connectivity index (χ0n) is 6.12. The summed E-state index contributed by atoms with van der Waals surface area (Å²) in [5.74, 6) is -3.22. The second kappa shape index (κ2) is 4.57. The third-order valence-corrected chi connectivity index (χ3v) is 1.29. The van der Waals surface area contributed by atoms with Crippen molar-refractivity contribution in [3.8, 4) is 0 Å². The predicted molar refractivity (Wildman–Crippen MR) is 35.0 cm³/mol. The normalized spacial score (nSPS) is 15.0. The molecular weight excluding hydrogens is 160 g/mol. The minimum atomic E-state index is -3.22. The van der Waals surface area contributed by atoms with Gasteiger partial charge in [-0.1, -0.05) is 6.92 Å². The Kier molecular flexibility index (Phi) is 4.45. The molecule has 67 valence electrons. The van der Waals surface area contributed by atoms with E-state index < -0.39 is 31.6 Å². The number of rotatable bonds is 5. The van der Waals surface area contributed by atoms with Crippen LogP contribution in [0.25, 0.3) is 0 Å². The lowest BCUT2D eigenvalue weighted by molar-refractivity contribution is -0.0395. The van der Waals surface area contributed by atoms with E-state index in [2.05, 4.69) is 6.92 Å². The number of hydrogen-bond acceptors (Lipinski definition) is 0. The highest BCUT2D eigenvalue weighted by atomic mass is 19.3. The molecule has 0 bridgehead atoms. The maximum Gasteiger partial charge on any atom is 0.253 e. The maximum atomic E-state index is 12.4. The van der Waals surface area contributed by atoms with E-state index in [1.807, 2.05) is 0 Å². The highest BCUT2D eigenvalue weighted by Gasteiger charge is 2.31. The summed E-state index contributed by atoms with van der Waals surface area (Å²) in [7, 11) is 0. The van der Waals surface area contributed by atoms with Crippen LogP contribution in [0.15, 0.2) is 0 Å². The Balaban J connectivity index is 3.70.